The molecule has 3 rings (SSSR count). The van der Waals surface area contributed by atoms with Gasteiger partial charge in [0.25, 0.3) is 0 Å². The highest BCUT2D eigenvalue weighted by Gasteiger charge is 2.30. The third-order valence-corrected chi connectivity index (χ3v) is 5.01. The van der Waals surface area contributed by atoms with E-state index in [1.165, 1.54) is 29.5 Å². The summed E-state index contributed by atoms with van der Waals surface area (Å²) in [6.45, 7) is 4.40. The summed E-state index contributed by atoms with van der Waals surface area (Å²) in [7, 11) is 0. The van der Waals surface area contributed by atoms with Crippen LogP contribution in [0.3, 0.4) is 0 Å². The zero-order chi connectivity index (χ0) is 14.8. The maximum Gasteiger partial charge on any atom is 0.0294 e. The van der Waals surface area contributed by atoms with Crippen LogP contribution in [0.2, 0.25) is 0 Å². The highest BCUT2D eigenvalue weighted by Crippen LogP contribution is 2.38. The molecule has 2 aromatic carbocycles. The first-order chi connectivity index (χ1) is 10.1. The number of hydrogen-bond acceptors (Lipinski definition) is 1. The Labute approximate surface area is 135 Å². The lowest BCUT2D eigenvalue weighted by atomic mass is 9.75. The number of halogens is 1. The number of rotatable bonds is 4. The van der Waals surface area contributed by atoms with E-state index in [1.54, 1.807) is 0 Å². The zero-order valence-corrected chi connectivity index (χ0v) is 14.2. The number of benzene rings is 2. The Morgan fingerprint density at radius 1 is 1.10 bits per heavy atom. The van der Waals surface area contributed by atoms with Crippen molar-refractivity contribution in [2.75, 3.05) is 0 Å². The van der Waals surface area contributed by atoms with Crippen molar-refractivity contribution in [1.29, 1.82) is 0 Å². The zero-order valence-electron chi connectivity index (χ0n) is 12.6. The van der Waals surface area contributed by atoms with E-state index in [9.17, 15) is 0 Å². The van der Waals surface area contributed by atoms with Gasteiger partial charge < -0.3 is 5.32 Å². The molecule has 0 bridgehead atoms. The van der Waals surface area contributed by atoms with E-state index in [0.717, 1.165) is 10.4 Å². The van der Waals surface area contributed by atoms with E-state index in [2.05, 4.69) is 83.6 Å². The fourth-order valence-electron chi connectivity index (χ4n) is 3.09. The summed E-state index contributed by atoms with van der Waals surface area (Å²) in [5, 5.41) is 3.75. The van der Waals surface area contributed by atoms with Crippen LogP contribution in [0.25, 0.3) is 0 Å². The summed E-state index contributed by atoms with van der Waals surface area (Å²) in [4.78, 5) is 0. The molecule has 1 atom stereocenters. The molecule has 0 unspecified atom stereocenters. The highest BCUT2D eigenvalue weighted by molar-refractivity contribution is 9.10. The Morgan fingerprint density at radius 3 is 2.48 bits per heavy atom. The van der Waals surface area contributed by atoms with Crippen molar-refractivity contribution in [1.82, 2.24) is 5.32 Å². The average molecular weight is 344 g/mol. The first-order valence-electron chi connectivity index (χ1n) is 7.70. The van der Waals surface area contributed by atoms with Crippen LogP contribution in [-0.2, 0) is 0 Å². The molecule has 0 aromatic heterocycles. The maximum absolute atomic E-state index is 3.75. The van der Waals surface area contributed by atoms with Crippen molar-refractivity contribution in [2.24, 2.45) is 0 Å². The molecule has 1 N–H and O–H groups in total. The van der Waals surface area contributed by atoms with Gasteiger partial charge in [0.2, 0.25) is 0 Å². The molecule has 1 nitrogen and oxygen atoms in total. The van der Waals surface area contributed by atoms with Gasteiger partial charge in [-0.15, -0.1) is 0 Å². The Kier molecular flexibility index (Phi) is 4.46. The Balaban J connectivity index is 1.54. The molecule has 110 valence electrons. The van der Waals surface area contributed by atoms with Crippen LogP contribution in [0, 0.1) is 6.92 Å². The van der Waals surface area contributed by atoms with Gasteiger partial charge in [-0.25, -0.2) is 0 Å². The normalized spacial score (nSPS) is 22.6. The lowest BCUT2D eigenvalue weighted by Gasteiger charge is -2.38. The molecule has 1 aliphatic rings. The lowest BCUT2D eigenvalue weighted by Crippen LogP contribution is -2.41. The second kappa shape index (κ2) is 6.33. The fraction of sp³-hybridized carbons (Fsp3) is 0.368. The fourth-order valence-corrected chi connectivity index (χ4v) is 3.51. The molecule has 0 radical (unpaired) electrons. The molecule has 21 heavy (non-hydrogen) atoms. The van der Waals surface area contributed by atoms with E-state index in [0.29, 0.717) is 12.1 Å². The average Bonchev–Trinajstić information content (AvgIpc) is 2.43. The number of nitrogens with one attached hydrogen (secondary N) is 1. The molecular weight excluding hydrogens is 322 g/mol. The Hall–Kier alpha value is -1.12. The predicted octanol–water partition coefficient (Wildman–Crippen LogP) is 5.35. The van der Waals surface area contributed by atoms with Gasteiger partial charge in [0, 0.05) is 16.6 Å². The monoisotopic (exact) mass is 343 g/mol. The van der Waals surface area contributed by atoms with E-state index in [-0.39, 0.29) is 0 Å². The largest absolute Gasteiger partial charge is 0.307 e. The van der Waals surface area contributed by atoms with Gasteiger partial charge in [-0.05, 0) is 55.9 Å². The van der Waals surface area contributed by atoms with Crippen molar-refractivity contribution in [3.8, 4) is 0 Å². The molecule has 0 spiro atoms. The van der Waals surface area contributed by atoms with Gasteiger partial charge in [0.15, 0.2) is 0 Å². The molecule has 1 aliphatic carbocycles. The van der Waals surface area contributed by atoms with Crippen LogP contribution in [0.4, 0.5) is 0 Å². The molecular formula is C19H22BrN. The third kappa shape index (κ3) is 3.56. The second-order valence-electron chi connectivity index (χ2n) is 6.22. The standard InChI is InChI=1S/C19H22BrN/c1-13-6-8-15(9-7-13)17-11-19(12-17)21-14(2)16-4-3-5-18(20)10-16/h3-10,14,17,19,21H,11-12H2,1-2H3/t14-,17?,19?/m0/s1. The SMILES string of the molecule is Cc1ccc(C2CC(N[C@@H](C)c3cccc(Br)c3)C2)cc1. The smallest absolute Gasteiger partial charge is 0.0294 e. The van der Waals surface area contributed by atoms with E-state index in [4.69, 9.17) is 0 Å². The Bertz CT molecular complexity index is 599. The molecule has 0 aliphatic heterocycles. The maximum atomic E-state index is 3.75. The minimum absolute atomic E-state index is 0.409. The lowest BCUT2D eigenvalue weighted by molar-refractivity contribution is 0.271. The van der Waals surface area contributed by atoms with Gasteiger partial charge in [-0.1, -0.05) is 57.9 Å². The summed E-state index contributed by atoms with van der Waals surface area (Å²) >= 11 is 3.55. The summed E-state index contributed by atoms with van der Waals surface area (Å²) in [6, 6.07) is 18.6. The molecule has 2 heteroatoms. The van der Waals surface area contributed by atoms with Crippen molar-refractivity contribution in [3.05, 3.63) is 69.7 Å². The van der Waals surface area contributed by atoms with Gasteiger partial charge in [-0.3, -0.25) is 0 Å². The summed E-state index contributed by atoms with van der Waals surface area (Å²) in [5.74, 6) is 0.734. The van der Waals surface area contributed by atoms with E-state index in [1.807, 2.05) is 0 Å². The summed E-state index contributed by atoms with van der Waals surface area (Å²) in [6.07, 6.45) is 2.50. The van der Waals surface area contributed by atoms with E-state index < -0.39 is 0 Å². The van der Waals surface area contributed by atoms with Crippen LogP contribution >= 0.6 is 15.9 Å². The summed E-state index contributed by atoms with van der Waals surface area (Å²) < 4.78 is 1.15. The minimum Gasteiger partial charge on any atom is -0.307 e. The predicted molar refractivity (Wildman–Crippen MR) is 92.6 cm³/mol. The first-order valence-corrected chi connectivity index (χ1v) is 8.49. The Morgan fingerprint density at radius 2 is 1.81 bits per heavy atom. The van der Waals surface area contributed by atoms with Crippen LogP contribution in [-0.4, -0.2) is 6.04 Å². The van der Waals surface area contributed by atoms with E-state index >= 15 is 0 Å². The minimum atomic E-state index is 0.409. The molecule has 0 amide bonds. The topological polar surface area (TPSA) is 12.0 Å². The number of aryl methyl sites for hydroxylation is 1. The molecule has 1 fully saturated rings. The van der Waals surface area contributed by atoms with Crippen LogP contribution in [0.15, 0.2) is 53.0 Å². The second-order valence-corrected chi connectivity index (χ2v) is 7.13. The van der Waals surface area contributed by atoms with Crippen LogP contribution in [0.1, 0.15) is 48.4 Å². The quantitative estimate of drug-likeness (QED) is 0.788. The van der Waals surface area contributed by atoms with Crippen molar-refractivity contribution < 1.29 is 0 Å². The third-order valence-electron chi connectivity index (χ3n) is 4.52. The van der Waals surface area contributed by atoms with Gasteiger partial charge in [0.1, 0.15) is 0 Å². The van der Waals surface area contributed by atoms with Gasteiger partial charge in [0.05, 0.1) is 0 Å². The molecule has 1 saturated carbocycles. The molecule has 0 heterocycles. The van der Waals surface area contributed by atoms with Crippen molar-refractivity contribution >= 4 is 15.9 Å². The van der Waals surface area contributed by atoms with Crippen LogP contribution in [0.5, 0.6) is 0 Å². The van der Waals surface area contributed by atoms with Crippen LogP contribution < -0.4 is 5.32 Å². The number of hydrogen-bond donors (Lipinski definition) is 1. The first kappa shape index (κ1) is 14.8. The highest BCUT2D eigenvalue weighted by atomic mass is 79.9. The van der Waals surface area contributed by atoms with Crippen molar-refractivity contribution in [3.63, 3.8) is 0 Å². The van der Waals surface area contributed by atoms with Gasteiger partial charge in [-0.2, -0.15) is 0 Å². The molecule has 2 aromatic rings. The van der Waals surface area contributed by atoms with Crippen molar-refractivity contribution in [2.45, 2.75) is 44.7 Å². The molecule has 0 saturated heterocycles. The van der Waals surface area contributed by atoms with Gasteiger partial charge >= 0.3 is 0 Å². The summed E-state index contributed by atoms with van der Waals surface area (Å²) in [5.41, 5.74) is 4.19.